The average Bonchev–Trinajstić information content (AvgIpc) is 2.62. The van der Waals surface area contributed by atoms with E-state index >= 15 is 0 Å². The first-order valence-corrected chi connectivity index (χ1v) is 10.2. The van der Waals surface area contributed by atoms with Gasteiger partial charge in [-0.25, -0.2) is 0 Å². The summed E-state index contributed by atoms with van der Waals surface area (Å²) in [6.07, 6.45) is 3.61. The number of fused-ring (bicyclic) bond motifs is 1. The van der Waals surface area contributed by atoms with E-state index in [4.69, 9.17) is 33.2 Å². The van der Waals surface area contributed by atoms with Crippen molar-refractivity contribution in [3.05, 3.63) is 77.0 Å². The van der Waals surface area contributed by atoms with Gasteiger partial charge >= 0.3 is 162 Å². The van der Waals surface area contributed by atoms with E-state index in [2.05, 4.69) is 11.1 Å². The molecule has 0 unspecified atom stereocenters. The van der Waals surface area contributed by atoms with E-state index in [9.17, 15) is 0 Å². The fourth-order valence-corrected chi connectivity index (χ4v) is 5.13. The summed E-state index contributed by atoms with van der Waals surface area (Å²) in [6.45, 7) is 0. The number of para-hydroxylation sites is 1. The monoisotopic (exact) mass is 426 g/mol. The molecule has 2 aromatic carbocycles. The van der Waals surface area contributed by atoms with Crippen LogP contribution in [0.5, 0.6) is 0 Å². The van der Waals surface area contributed by atoms with Crippen LogP contribution in [0.1, 0.15) is 0 Å². The van der Waals surface area contributed by atoms with Crippen molar-refractivity contribution in [2.45, 2.75) is 0 Å². The second-order valence-electron chi connectivity index (χ2n) is 5.30. The molecule has 121 valence electrons. The zero-order valence-corrected chi connectivity index (χ0v) is 16.3. The molecule has 0 saturated carbocycles. The number of hydrogen-bond acceptors (Lipinski definition) is 3. The molecule has 0 bridgehead atoms. The Bertz CT molecular complexity index is 1030. The fourth-order valence-electron chi connectivity index (χ4n) is 2.51. The van der Waals surface area contributed by atoms with Crippen molar-refractivity contribution in [1.82, 2.24) is 15.0 Å². The average molecular weight is 427 g/mol. The van der Waals surface area contributed by atoms with Crippen molar-refractivity contribution in [1.29, 1.82) is 0 Å². The standard InChI is InChI=1S/C19H11AsCl2N3/c21-14-5-3-6-15(22)17(14)19-24-16-7-2-1-4-13(16)18(25-19)20-12-8-10-23-11-9-12/h1-11H. The van der Waals surface area contributed by atoms with Crippen molar-refractivity contribution in [2.75, 3.05) is 0 Å². The van der Waals surface area contributed by atoms with E-state index in [1.807, 2.05) is 36.4 Å². The minimum absolute atomic E-state index is 0.308. The Morgan fingerprint density at radius 2 is 1.48 bits per heavy atom. The molecule has 2 aromatic heterocycles. The Labute approximate surface area is 161 Å². The Hall–Kier alpha value is -1.93. The number of halogens is 2. The van der Waals surface area contributed by atoms with Crippen molar-refractivity contribution >= 4 is 58.7 Å². The van der Waals surface area contributed by atoms with Gasteiger partial charge in [-0.3, -0.25) is 0 Å². The molecule has 0 amide bonds. The van der Waals surface area contributed by atoms with Gasteiger partial charge in [0.1, 0.15) is 0 Å². The topological polar surface area (TPSA) is 38.7 Å². The van der Waals surface area contributed by atoms with Crippen LogP contribution in [0, 0.1) is 0 Å². The van der Waals surface area contributed by atoms with Crippen molar-refractivity contribution in [2.24, 2.45) is 0 Å². The number of benzene rings is 2. The summed E-state index contributed by atoms with van der Waals surface area (Å²) in [5.74, 6) is 0.564. The summed E-state index contributed by atoms with van der Waals surface area (Å²) in [5.41, 5.74) is 1.57. The summed E-state index contributed by atoms with van der Waals surface area (Å²) in [4.78, 5) is 13.6. The Morgan fingerprint density at radius 1 is 0.760 bits per heavy atom. The number of rotatable bonds is 3. The predicted molar refractivity (Wildman–Crippen MR) is 104 cm³/mol. The van der Waals surface area contributed by atoms with Crippen molar-refractivity contribution in [3.8, 4) is 11.4 Å². The van der Waals surface area contributed by atoms with Crippen LogP contribution in [0.3, 0.4) is 0 Å². The summed E-state index contributed by atoms with van der Waals surface area (Å²) in [7, 11) is 0. The summed E-state index contributed by atoms with van der Waals surface area (Å²) in [5, 5.41) is 2.16. The molecule has 1 radical (unpaired) electrons. The number of pyridine rings is 1. The van der Waals surface area contributed by atoms with Gasteiger partial charge < -0.3 is 0 Å². The van der Waals surface area contributed by atoms with Crippen LogP contribution >= 0.6 is 23.2 Å². The first kappa shape index (κ1) is 16.5. The molecule has 0 saturated heterocycles. The van der Waals surface area contributed by atoms with Gasteiger partial charge in [0.2, 0.25) is 0 Å². The molecular weight excluding hydrogens is 416 g/mol. The second kappa shape index (κ2) is 7.13. The third-order valence-electron chi connectivity index (χ3n) is 3.67. The quantitative estimate of drug-likeness (QED) is 0.469. The number of hydrogen-bond donors (Lipinski definition) is 0. The third kappa shape index (κ3) is 3.41. The summed E-state index contributed by atoms with van der Waals surface area (Å²) >= 11 is 12.4. The van der Waals surface area contributed by atoms with E-state index in [1.165, 1.54) is 4.35 Å². The van der Waals surface area contributed by atoms with Crippen molar-refractivity contribution in [3.63, 3.8) is 0 Å². The van der Waals surface area contributed by atoms with Crippen LogP contribution in [0.2, 0.25) is 10.0 Å². The van der Waals surface area contributed by atoms with Gasteiger partial charge in [-0.05, 0) is 0 Å². The first-order chi connectivity index (χ1) is 12.2. The molecule has 6 heteroatoms. The molecule has 0 fully saturated rings. The number of nitrogens with zero attached hydrogens (tertiary/aromatic N) is 3. The molecule has 0 aliphatic heterocycles. The normalized spacial score (nSPS) is 11.4. The van der Waals surface area contributed by atoms with Crippen molar-refractivity contribution < 1.29 is 0 Å². The van der Waals surface area contributed by atoms with Crippen LogP contribution in [0.15, 0.2) is 67.0 Å². The van der Waals surface area contributed by atoms with Crippen LogP contribution in [0.4, 0.5) is 0 Å². The van der Waals surface area contributed by atoms with E-state index < -0.39 is 0 Å². The molecule has 2 heterocycles. The van der Waals surface area contributed by atoms with Gasteiger partial charge in [-0.15, -0.1) is 0 Å². The molecule has 0 spiro atoms. The zero-order chi connectivity index (χ0) is 17.2. The molecule has 4 aromatic rings. The van der Waals surface area contributed by atoms with E-state index in [-0.39, 0.29) is 15.8 Å². The van der Waals surface area contributed by atoms with Crippen LogP contribution in [0.25, 0.3) is 22.3 Å². The van der Waals surface area contributed by atoms with Gasteiger partial charge in [-0.1, -0.05) is 0 Å². The zero-order valence-electron chi connectivity index (χ0n) is 12.9. The minimum atomic E-state index is -0.308. The molecule has 0 aliphatic rings. The van der Waals surface area contributed by atoms with Gasteiger partial charge in [0.15, 0.2) is 0 Å². The van der Waals surface area contributed by atoms with Gasteiger partial charge in [0, 0.05) is 0 Å². The fraction of sp³-hybridized carbons (Fsp3) is 0. The maximum atomic E-state index is 6.36. The molecule has 25 heavy (non-hydrogen) atoms. The van der Waals surface area contributed by atoms with E-state index in [1.54, 1.807) is 24.5 Å². The Morgan fingerprint density at radius 3 is 2.24 bits per heavy atom. The maximum absolute atomic E-state index is 6.36. The van der Waals surface area contributed by atoms with Gasteiger partial charge in [0.25, 0.3) is 0 Å². The van der Waals surface area contributed by atoms with E-state index in [0.29, 0.717) is 21.4 Å². The van der Waals surface area contributed by atoms with Gasteiger partial charge in [0.05, 0.1) is 0 Å². The summed E-state index contributed by atoms with van der Waals surface area (Å²) in [6, 6.07) is 17.5. The Kier molecular flexibility index (Phi) is 4.71. The van der Waals surface area contributed by atoms with Crippen LogP contribution < -0.4 is 8.83 Å². The molecule has 0 atom stereocenters. The predicted octanol–water partition coefficient (Wildman–Crippen LogP) is 3.65. The molecular formula is C19H11AsCl2N3. The van der Waals surface area contributed by atoms with E-state index in [0.717, 1.165) is 15.4 Å². The molecule has 0 aliphatic carbocycles. The Balaban J connectivity index is 1.93. The van der Waals surface area contributed by atoms with Crippen LogP contribution in [-0.4, -0.2) is 30.7 Å². The molecule has 0 N–H and O–H groups in total. The SMILES string of the molecule is Clc1cccc(Cl)c1-c1nc([As]c2ccncc2)c2ccccc2n1. The van der Waals surface area contributed by atoms with Gasteiger partial charge in [-0.2, -0.15) is 0 Å². The van der Waals surface area contributed by atoms with Crippen LogP contribution in [-0.2, 0) is 0 Å². The third-order valence-corrected chi connectivity index (χ3v) is 6.62. The molecule has 3 nitrogen and oxygen atoms in total. The first-order valence-electron chi connectivity index (χ1n) is 7.55. The molecule has 4 rings (SSSR count). The second-order valence-corrected chi connectivity index (χ2v) is 8.56. The summed E-state index contributed by atoms with van der Waals surface area (Å²) < 4.78 is 2.25. The number of aromatic nitrogens is 3.